The van der Waals surface area contributed by atoms with Gasteiger partial charge in [-0.1, -0.05) is 0 Å². The highest BCUT2D eigenvalue weighted by Crippen LogP contribution is 2.41. The number of nitrogens with one attached hydrogen (secondary N) is 3. The zero-order valence-electron chi connectivity index (χ0n) is 20.6. The molecule has 5 fully saturated rings. The monoisotopic (exact) mass is 520 g/mol. The van der Waals surface area contributed by atoms with Crippen molar-refractivity contribution in [2.45, 2.75) is 99.8 Å². The second kappa shape index (κ2) is 10.6. The van der Waals surface area contributed by atoms with Gasteiger partial charge in [0.15, 0.2) is 0 Å². The number of alkyl halides is 4. The average Bonchev–Trinajstić information content (AvgIpc) is 3.47. The molecule has 1 aliphatic carbocycles. The fourth-order valence-corrected chi connectivity index (χ4v) is 7.74. The van der Waals surface area contributed by atoms with Crippen LogP contribution in [-0.4, -0.2) is 96.0 Å². The summed E-state index contributed by atoms with van der Waals surface area (Å²) in [5, 5.41) is 9.11. The molecular weight excluding hydrogens is 481 g/mol. The van der Waals surface area contributed by atoms with Gasteiger partial charge < -0.3 is 10.2 Å². The molecule has 35 heavy (non-hydrogen) atoms. The molecule has 0 aromatic rings. The molecule has 5 unspecified atom stereocenters. The molecule has 0 radical (unpaired) electrons. The average molecular weight is 521 g/mol. The number of rotatable bonds is 5. The Hall–Kier alpha value is -0.650. The number of carbonyl (C=O) groups is 1. The van der Waals surface area contributed by atoms with Gasteiger partial charge in [0.25, 0.3) is 0 Å². The van der Waals surface area contributed by atoms with Crippen molar-refractivity contribution in [3.8, 4) is 0 Å². The molecule has 11 heteroatoms. The molecule has 5 aliphatic rings. The normalized spacial score (nSPS) is 39.7. The summed E-state index contributed by atoms with van der Waals surface area (Å²) >= 11 is 6.35. The molecule has 0 spiro atoms. The van der Waals surface area contributed by atoms with E-state index in [9.17, 15) is 18.0 Å². The van der Waals surface area contributed by atoms with E-state index in [4.69, 9.17) is 11.6 Å². The van der Waals surface area contributed by atoms with Gasteiger partial charge in [0, 0.05) is 44.6 Å². The largest absolute Gasteiger partial charge is 0.409 e. The summed E-state index contributed by atoms with van der Waals surface area (Å²) in [4.78, 5) is 16.4. The van der Waals surface area contributed by atoms with Crippen molar-refractivity contribution in [2.24, 2.45) is 11.8 Å². The standard InChI is InChI=1S/C24H40ClF3N6O/c1-32(22(35)11-15-8-9-29-13-15)23(24(26,27)28)16-4-6-17(7-5-16)33-10-2-3-18-19(33)14-30-21-12-20(25)31-34(18)21/h15-21,23,29-31H,2-14H2,1H3/t15?,16?,17?,18?,19?,20?,21?,23-/m0/s1. The predicted molar refractivity (Wildman–Crippen MR) is 128 cm³/mol. The van der Waals surface area contributed by atoms with Crippen LogP contribution in [0.5, 0.6) is 0 Å². The number of hydrazine groups is 1. The Labute approximate surface area is 211 Å². The minimum absolute atomic E-state index is 0.0546. The molecule has 6 atom stereocenters. The Morgan fingerprint density at radius 1 is 1.11 bits per heavy atom. The van der Waals surface area contributed by atoms with Crippen LogP contribution in [0.4, 0.5) is 13.2 Å². The molecule has 200 valence electrons. The fourth-order valence-electron chi connectivity index (χ4n) is 7.46. The maximum Gasteiger partial charge on any atom is 0.409 e. The molecular formula is C24H40ClF3N6O. The Balaban J connectivity index is 1.20. The van der Waals surface area contributed by atoms with Gasteiger partial charge in [-0.05, 0) is 76.4 Å². The number of hydrogen-bond donors (Lipinski definition) is 3. The highest BCUT2D eigenvalue weighted by Gasteiger charge is 2.51. The Kier molecular flexibility index (Phi) is 7.88. The third-order valence-corrected chi connectivity index (χ3v) is 9.47. The first-order valence-corrected chi connectivity index (χ1v) is 13.9. The zero-order valence-corrected chi connectivity index (χ0v) is 21.3. The van der Waals surface area contributed by atoms with E-state index in [-0.39, 0.29) is 29.9 Å². The lowest BCUT2D eigenvalue weighted by Crippen LogP contribution is -2.70. The smallest absolute Gasteiger partial charge is 0.333 e. The predicted octanol–water partition coefficient (Wildman–Crippen LogP) is 2.47. The van der Waals surface area contributed by atoms with Gasteiger partial charge in [-0.3, -0.25) is 15.0 Å². The first-order chi connectivity index (χ1) is 16.7. The summed E-state index contributed by atoms with van der Waals surface area (Å²) in [5.41, 5.74) is 3.35. The summed E-state index contributed by atoms with van der Waals surface area (Å²) in [6.07, 6.45) is 2.51. The molecule has 7 nitrogen and oxygen atoms in total. The van der Waals surface area contributed by atoms with Crippen LogP contribution < -0.4 is 16.1 Å². The van der Waals surface area contributed by atoms with E-state index in [1.165, 1.54) is 7.05 Å². The molecule has 5 rings (SSSR count). The first-order valence-electron chi connectivity index (χ1n) is 13.4. The molecule has 4 saturated heterocycles. The number of fused-ring (bicyclic) bond motifs is 3. The maximum atomic E-state index is 14.2. The highest BCUT2D eigenvalue weighted by atomic mass is 35.5. The van der Waals surface area contributed by atoms with Gasteiger partial charge in [0.2, 0.25) is 5.91 Å². The molecule has 3 N–H and O–H groups in total. The van der Waals surface area contributed by atoms with E-state index in [0.29, 0.717) is 37.5 Å². The lowest BCUT2D eigenvalue weighted by molar-refractivity contribution is -0.202. The number of amides is 1. The number of likely N-dealkylation sites (tertiary alicyclic amines) is 1. The Morgan fingerprint density at radius 2 is 1.89 bits per heavy atom. The quantitative estimate of drug-likeness (QED) is 0.382. The first kappa shape index (κ1) is 26.0. The van der Waals surface area contributed by atoms with Crippen molar-refractivity contribution in [3.63, 3.8) is 0 Å². The number of hydrogen-bond acceptors (Lipinski definition) is 6. The van der Waals surface area contributed by atoms with E-state index in [2.05, 4.69) is 26.0 Å². The summed E-state index contributed by atoms with van der Waals surface area (Å²) in [7, 11) is 1.36. The van der Waals surface area contributed by atoms with Crippen LogP contribution in [0, 0.1) is 11.8 Å². The summed E-state index contributed by atoms with van der Waals surface area (Å²) < 4.78 is 42.6. The molecule has 1 saturated carbocycles. The van der Waals surface area contributed by atoms with E-state index in [1.807, 2.05) is 0 Å². The topological polar surface area (TPSA) is 62.9 Å². The van der Waals surface area contributed by atoms with Gasteiger partial charge in [-0.25, -0.2) is 10.4 Å². The third-order valence-electron chi connectivity index (χ3n) is 9.19. The molecule has 0 aromatic carbocycles. The molecule has 1 amide bonds. The molecule has 0 aromatic heterocycles. The lowest BCUT2D eigenvalue weighted by Gasteiger charge is -2.53. The third kappa shape index (κ3) is 5.48. The van der Waals surface area contributed by atoms with Crippen molar-refractivity contribution in [2.75, 3.05) is 33.2 Å². The van der Waals surface area contributed by atoms with Crippen molar-refractivity contribution < 1.29 is 18.0 Å². The van der Waals surface area contributed by atoms with Crippen molar-refractivity contribution in [3.05, 3.63) is 0 Å². The number of piperidine rings is 1. The highest BCUT2D eigenvalue weighted by molar-refractivity contribution is 6.20. The van der Waals surface area contributed by atoms with Gasteiger partial charge in [0.1, 0.15) is 6.04 Å². The lowest BCUT2D eigenvalue weighted by atomic mass is 9.78. The Morgan fingerprint density at radius 3 is 2.57 bits per heavy atom. The van der Waals surface area contributed by atoms with Crippen LogP contribution in [0.25, 0.3) is 0 Å². The van der Waals surface area contributed by atoms with Crippen LogP contribution in [0.3, 0.4) is 0 Å². The van der Waals surface area contributed by atoms with Crippen molar-refractivity contribution in [1.29, 1.82) is 0 Å². The minimum atomic E-state index is -4.41. The second-order valence-electron chi connectivity index (χ2n) is 11.3. The number of nitrogens with zero attached hydrogens (tertiary/aromatic N) is 3. The summed E-state index contributed by atoms with van der Waals surface area (Å²) in [6.45, 7) is 3.45. The maximum absolute atomic E-state index is 14.2. The Bertz CT molecular complexity index is 745. The summed E-state index contributed by atoms with van der Waals surface area (Å²) in [5.74, 6) is -0.765. The SMILES string of the molecule is CN(C(=O)CC1CCNC1)[C@@H](C1CCC(N2CCCC3C2CNC2CC(Cl)NN23)CC1)C(F)(F)F. The summed E-state index contributed by atoms with van der Waals surface area (Å²) in [6, 6.07) is -0.663. The van der Waals surface area contributed by atoms with Crippen LogP contribution in [0.15, 0.2) is 0 Å². The van der Waals surface area contributed by atoms with E-state index in [1.54, 1.807) is 0 Å². The van der Waals surface area contributed by atoms with Crippen LogP contribution >= 0.6 is 11.6 Å². The van der Waals surface area contributed by atoms with Crippen molar-refractivity contribution in [1.82, 2.24) is 30.9 Å². The van der Waals surface area contributed by atoms with Gasteiger partial charge in [-0.15, -0.1) is 11.6 Å². The molecule has 4 aliphatic heterocycles. The number of carbonyl (C=O) groups excluding carboxylic acids is 1. The zero-order chi connectivity index (χ0) is 24.7. The van der Waals surface area contributed by atoms with Crippen LogP contribution in [0.1, 0.15) is 57.8 Å². The van der Waals surface area contributed by atoms with E-state index >= 15 is 0 Å². The van der Waals surface area contributed by atoms with Crippen LogP contribution in [-0.2, 0) is 4.79 Å². The van der Waals surface area contributed by atoms with E-state index in [0.717, 1.165) is 63.1 Å². The van der Waals surface area contributed by atoms with Gasteiger partial charge >= 0.3 is 6.18 Å². The second-order valence-corrected chi connectivity index (χ2v) is 11.8. The minimum Gasteiger partial charge on any atom is -0.333 e. The number of halogens is 4. The van der Waals surface area contributed by atoms with E-state index < -0.39 is 18.1 Å². The van der Waals surface area contributed by atoms with Crippen molar-refractivity contribution >= 4 is 17.5 Å². The van der Waals surface area contributed by atoms with Gasteiger partial charge in [0.05, 0.1) is 11.7 Å². The molecule has 4 heterocycles. The fraction of sp³-hybridized carbons (Fsp3) is 0.958. The molecule has 0 bridgehead atoms. The van der Waals surface area contributed by atoms with Crippen LogP contribution in [0.2, 0.25) is 0 Å². The van der Waals surface area contributed by atoms with Gasteiger partial charge in [-0.2, -0.15) is 13.2 Å².